The first kappa shape index (κ1) is 15.9. The highest BCUT2D eigenvalue weighted by Crippen LogP contribution is 2.45. The Kier molecular flexibility index (Phi) is 4.56. The molecule has 116 valence electrons. The molecule has 0 saturated carbocycles. The average molecular weight is 343 g/mol. The van der Waals surface area contributed by atoms with Crippen LogP contribution in [0, 0.1) is 0 Å². The van der Waals surface area contributed by atoms with Crippen LogP contribution in [0.1, 0.15) is 0 Å². The van der Waals surface area contributed by atoms with Gasteiger partial charge in [-0.2, -0.15) is 0 Å². The first-order chi connectivity index (χ1) is 11.2. The maximum Gasteiger partial charge on any atom is 0.174 e. The maximum atomic E-state index is 14.2. The fourth-order valence-electron chi connectivity index (χ4n) is 2.61. The van der Waals surface area contributed by atoms with Crippen LogP contribution in [0.3, 0.4) is 0 Å². The summed E-state index contributed by atoms with van der Waals surface area (Å²) in [5.41, 5.74) is 0. The molecule has 0 aliphatic heterocycles. The molecule has 3 aromatic rings. The zero-order valence-electron chi connectivity index (χ0n) is 12.6. The first-order valence-corrected chi connectivity index (χ1v) is 9.30. The predicted octanol–water partition coefficient (Wildman–Crippen LogP) is 3.99. The molecule has 23 heavy (non-hydrogen) atoms. The second-order valence-corrected chi connectivity index (χ2v) is 8.27. The SMILES string of the molecule is COc1ccc(Cl)cc1P(=O)(c1ccccc1)c1ccccc1. The number of methoxy groups -OCH3 is 1. The van der Waals surface area contributed by atoms with E-state index < -0.39 is 7.14 Å². The van der Waals surface area contributed by atoms with Crippen LogP contribution in [0.5, 0.6) is 5.75 Å². The van der Waals surface area contributed by atoms with Gasteiger partial charge in [-0.05, 0) is 18.2 Å². The van der Waals surface area contributed by atoms with Crippen molar-refractivity contribution in [1.29, 1.82) is 0 Å². The third-order valence-corrected chi connectivity index (χ3v) is 7.03. The van der Waals surface area contributed by atoms with Crippen LogP contribution in [0.15, 0.2) is 78.9 Å². The summed E-state index contributed by atoms with van der Waals surface area (Å²) in [6.45, 7) is 0. The molecule has 0 atom stereocenters. The van der Waals surface area contributed by atoms with Gasteiger partial charge in [0.25, 0.3) is 0 Å². The zero-order valence-corrected chi connectivity index (χ0v) is 14.3. The molecule has 0 heterocycles. The van der Waals surface area contributed by atoms with Gasteiger partial charge in [-0.25, -0.2) is 0 Å². The molecule has 0 saturated heterocycles. The number of ether oxygens (including phenoxy) is 1. The fourth-order valence-corrected chi connectivity index (χ4v) is 5.70. The molecule has 4 heteroatoms. The Labute approximate surface area is 141 Å². The Morgan fingerprint density at radius 2 is 1.35 bits per heavy atom. The smallest absolute Gasteiger partial charge is 0.174 e. The second-order valence-electron chi connectivity index (χ2n) is 5.10. The van der Waals surface area contributed by atoms with Gasteiger partial charge in [-0.1, -0.05) is 72.3 Å². The topological polar surface area (TPSA) is 26.3 Å². The van der Waals surface area contributed by atoms with E-state index in [1.165, 1.54) is 0 Å². The quantitative estimate of drug-likeness (QED) is 0.670. The summed E-state index contributed by atoms with van der Waals surface area (Å²) in [7, 11) is -1.49. The van der Waals surface area contributed by atoms with Crippen molar-refractivity contribution in [2.24, 2.45) is 0 Å². The minimum Gasteiger partial charge on any atom is -0.496 e. The highest BCUT2D eigenvalue weighted by molar-refractivity contribution is 7.85. The normalized spacial score (nSPS) is 11.2. The van der Waals surface area contributed by atoms with Crippen LogP contribution in [-0.4, -0.2) is 7.11 Å². The maximum absolute atomic E-state index is 14.2. The molecular weight excluding hydrogens is 327 g/mol. The summed E-state index contributed by atoms with van der Waals surface area (Å²) in [6.07, 6.45) is 0. The van der Waals surface area contributed by atoms with Crippen molar-refractivity contribution in [3.8, 4) is 5.75 Å². The Morgan fingerprint density at radius 1 is 0.826 bits per heavy atom. The molecule has 0 fully saturated rings. The van der Waals surface area contributed by atoms with Gasteiger partial charge < -0.3 is 9.30 Å². The molecule has 2 nitrogen and oxygen atoms in total. The average Bonchev–Trinajstić information content (AvgIpc) is 2.62. The molecule has 0 bridgehead atoms. The van der Waals surface area contributed by atoms with Gasteiger partial charge >= 0.3 is 0 Å². The Hall–Kier alpha value is -2.02. The number of rotatable bonds is 4. The van der Waals surface area contributed by atoms with E-state index in [0.29, 0.717) is 16.1 Å². The Balaban J connectivity index is 2.35. The number of hydrogen-bond donors (Lipinski definition) is 0. The second kappa shape index (κ2) is 6.62. The lowest BCUT2D eigenvalue weighted by Gasteiger charge is -2.22. The van der Waals surface area contributed by atoms with Crippen LogP contribution in [0.2, 0.25) is 5.02 Å². The van der Waals surface area contributed by atoms with E-state index in [0.717, 1.165) is 10.6 Å². The highest BCUT2D eigenvalue weighted by atomic mass is 35.5. The van der Waals surface area contributed by atoms with E-state index >= 15 is 0 Å². The Bertz CT molecular complexity index is 804. The summed E-state index contributed by atoms with van der Waals surface area (Å²) >= 11 is 6.18. The van der Waals surface area contributed by atoms with Crippen molar-refractivity contribution >= 4 is 34.7 Å². The number of hydrogen-bond acceptors (Lipinski definition) is 2. The minimum atomic E-state index is -3.07. The van der Waals surface area contributed by atoms with Crippen LogP contribution >= 0.6 is 18.7 Å². The molecule has 0 unspecified atom stereocenters. The Morgan fingerprint density at radius 3 is 1.83 bits per heavy atom. The van der Waals surface area contributed by atoms with Crippen molar-refractivity contribution in [2.75, 3.05) is 7.11 Å². The minimum absolute atomic E-state index is 0.535. The molecule has 0 aliphatic rings. The van der Waals surface area contributed by atoms with E-state index in [1.54, 1.807) is 25.3 Å². The van der Waals surface area contributed by atoms with Crippen molar-refractivity contribution < 1.29 is 9.30 Å². The summed E-state index contributed by atoms with van der Waals surface area (Å²) in [5, 5.41) is 2.66. The summed E-state index contributed by atoms with van der Waals surface area (Å²) in [4.78, 5) is 0. The van der Waals surface area contributed by atoms with Crippen LogP contribution < -0.4 is 20.7 Å². The molecule has 0 aromatic heterocycles. The summed E-state index contributed by atoms with van der Waals surface area (Å²) in [5.74, 6) is 0.574. The lowest BCUT2D eigenvalue weighted by atomic mass is 10.3. The molecule has 0 aliphatic carbocycles. The molecule has 0 radical (unpaired) electrons. The molecule has 0 N–H and O–H groups in total. The van der Waals surface area contributed by atoms with E-state index in [4.69, 9.17) is 16.3 Å². The van der Waals surface area contributed by atoms with E-state index in [9.17, 15) is 4.57 Å². The van der Waals surface area contributed by atoms with Gasteiger partial charge in [0.2, 0.25) is 0 Å². The van der Waals surface area contributed by atoms with Crippen LogP contribution in [0.25, 0.3) is 0 Å². The van der Waals surface area contributed by atoms with Crippen molar-refractivity contribution in [3.05, 3.63) is 83.9 Å². The van der Waals surface area contributed by atoms with E-state index in [1.807, 2.05) is 60.7 Å². The molecule has 3 aromatic carbocycles. The predicted molar refractivity (Wildman–Crippen MR) is 97.4 cm³/mol. The largest absolute Gasteiger partial charge is 0.496 e. The monoisotopic (exact) mass is 342 g/mol. The van der Waals surface area contributed by atoms with Gasteiger partial charge in [0.1, 0.15) is 5.75 Å². The van der Waals surface area contributed by atoms with Crippen LogP contribution in [0.4, 0.5) is 0 Å². The van der Waals surface area contributed by atoms with Crippen molar-refractivity contribution in [2.45, 2.75) is 0 Å². The molecule has 3 rings (SSSR count). The van der Waals surface area contributed by atoms with Crippen LogP contribution in [-0.2, 0) is 4.57 Å². The first-order valence-electron chi connectivity index (χ1n) is 7.21. The van der Waals surface area contributed by atoms with Crippen molar-refractivity contribution in [1.82, 2.24) is 0 Å². The third kappa shape index (κ3) is 2.93. The number of halogens is 1. The summed E-state index contributed by atoms with van der Waals surface area (Å²) in [6, 6.07) is 24.2. The zero-order chi connectivity index (χ0) is 16.3. The van der Waals surface area contributed by atoms with E-state index in [2.05, 4.69) is 0 Å². The highest BCUT2D eigenvalue weighted by Gasteiger charge is 2.32. The molecule has 0 amide bonds. The van der Waals surface area contributed by atoms with Gasteiger partial charge in [-0.3, -0.25) is 0 Å². The van der Waals surface area contributed by atoms with Gasteiger partial charge in [0, 0.05) is 15.6 Å². The van der Waals surface area contributed by atoms with Gasteiger partial charge in [-0.15, -0.1) is 0 Å². The number of benzene rings is 3. The van der Waals surface area contributed by atoms with Gasteiger partial charge in [0.15, 0.2) is 7.14 Å². The lowest BCUT2D eigenvalue weighted by Crippen LogP contribution is -2.26. The van der Waals surface area contributed by atoms with Gasteiger partial charge in [0.05, 0.1) is 12.4 Å². The fraction of sp³-hybridized carbons (Fsp3) is 0.0526. The summed E-state index contributed by atoms with van der Waals surface area (Å²) < 4.78 is 19.7. The lowest BCUT2D eigenvalue weighted by molar-refractivity contribution is 0.418. The molecular formula is C19H16ClO2P. The standard InChI is InChI=1S/C19H16ClO2P/c1-22-18-13-12-15(20)14-19(18)23(21,16-8-4-2-5-9-16)17-10-6-3-7-11-17/h2-14H,1H3. The van der Waals surface area contributed by atoms with E-state index in [-0.39, 0.29) is 0 Å². The third-order valence-electron chi connectivity index (χ3n) is 3.72. The molecule has 0 spiro atoms. The van der Waals surface area contributed by atoms with Crippen molar-refractivity contribution in [3.63, 3.8) is 0 Å².